The fourth-order valence-electron chi connectivity index (χ4n) is 2.29. The standard InChI is InChI=1S/C15H18ClN3O3/c1-2-17-13(20)9-18-15(22)10-5-6-11(16)12(8-10)19-7-3-4-14(19)21/h5-6,8H,2-4,7,9H2,1H3,(H,17,20)(H,18,22). The Morgan fingerprint density at radius 2 is 2.09 bits per heavy atom. The smallest absolute Gasteiger partial charge is 0.251 e. The topological polar surface area (TPSA) is 78.5 Å². The Labute approximate surface area is 133 Å². The number of carbonyl (C=O) groups is 3. The molecule has 2 N–H and O–H groups in total. The molecule has 1 aliphatic heterocycles. The van der Waals surface area contributed by atoms with Crippen LogP contribution in [0.3, 0.4) is 0 Å². The van der Waals surface area contributed by atoms with Gasteiger partial charge >= 0.3 is 0 Å². The first-order valence-electron chi connectivity index (χ1n) is 7.17. The van der Waals surface area contributed by atoms with Gasteiger partial charge in [0.2, 0.25) is 11.8 Å². The molecule has 0 radical (unpaired) electrons. The number of hydrogen-bond acceptors (Lipinski definition) is 3. The Bertz CT molecular complexity index is 604. The minimum absolute atomic E-state index is 0.00165. The molecule has 22 heavy (non-hydrogen) atoms. The Morgan fingerprint density at radius 1 is 1.32 bits per heavy atom. The Kier molecular flexibility index (Phi) is 5.38. The molecule has 3 amide bonds. The van der Waals surface area contributed by atoms with E-state index in [1.54, 1.807) is 30.0 Å². The minimum Gasteiger partial charge on any atom is -0.355 e. The first kappa shape index (κ1) is 16.3. The van der Waals surface area contributed by atoms with Crippen molar-refractivity contribution in [2.24, 2.45) is 0 Å². The summed E-state index contributed by atoms with van der Waals surface area (Å²) in [6, 6.07) is 4.74. The summed E-state index contributed by atoms with van der Waals surface area (Å²) in [6.45, 7) is 2.82. The molecule has 1 aromatic rings. The molecule has 1 aromatic carbocycles. The lowest BCUT2D eigenvalue weighted by atomic mass is 10.1. The molecule has 118 valence electrons. The fraction of sp³-hybridized carbons (Fsp3) is 0.400. The van der Waals surface area contributed by atoms with Gasteiger partial charge in [-0.3, -0.25) is 14.4 Å². The van der Waals surface area contributed by atoms with Crippen molar-refractivity contribution in [2.45, 2.75) is 19.8 Å². The average molecular weight is 324 g/mol. The van der Waals surface area contributed by atoms with E-state index in [0.717, 1.165) is 6.42 Å². The normalized spacial score (nSPS) is 14.1. The van der Waals surface area contributed by atoms with E-state index >= 15 is 0 Å². The Hall–Kier alpha value is -2.08. The number of hydrogen-bond donors (Lipinski definition) is 2. The SMILES string of the molecule is CCNC(=O)CNC(=O)c1ccc(Cl)c(N2CCCC2=O)c1. The van der Waals surface area contributed by atoms with Gasteiger partial charge in [0.1, 0.15) is 0 Å². The van der Waals surface area contributed by atoms with Crippen LogP contribution in [0.1, 0.15) is 30.1 Å². The van der Waals surface area contributed by atoms with Gasteiger partial charge in [0, 0.05) is 25.1 Å². The van der Waals surface area contributed by atoms with Crippen LogP contribution in [-0.2, 0) is 9.59 Å². The third kappa shape index (κ3) is 3.76. The Balaban J connectivity index is 2.10. The van der Waals surface area contributed by atoms with Crippen molar-refractivity contribution in [3.8, 4) is 0 Å². The maximum atomic E-state index is 12.1. The number of carbonyl (C=O) groups excluding carboxylic acids is 3. The van der Waals surface area contributed by atoms with Gasteiger partial charge in [0.25, 0.3) is 5.91 Å². The predicted molar refractivity (Wildman–Crippen MR) is 84.1 cm³/mol. The maximum Gasteiger partial charge on any atom is 0.251 e. The summed E-state index contributed by atoms with van der Waals surface area (Å²) >= 11 is 6.13. The van der Waals surface area contributed by atoms with Gasteiger partial charge in [-0.2, -0.15) is 0 Å². The van der Waals surface area contributed by atoms with E-state index in [2.05, 4.69) is 10.6 Å². The number of amides is 3. The van der Waals surface area contributed by atoms with Crippen molar-refractivity contribution in [3.63, 3.8) is 0 Å². The highest BCUT2D eigenvalue weighted by Gasteiger charge is 2.24. The second kappa shape index (κ2) is 7.26. The number of nitrogens with one attached hydrogen (secondary N) is 2. The quantitative estimate of drug-likeness (QED) is 0.858. The molecule has 7 heteroatoms. The van der Waals surface area contributed by atoms with Crippen LogP contribution in [0.4, 0.5) is 5.69 Å². The van der Waals surface area contributed by atoms with Crippen LogP contribution in [0.15, 0.2) is 18.2 Å². The summed E-state index contributed by atoms with van der Waals surface area (Å²) in [6.07, 6.45) is 1.27. The number of rotatable bonds is 5. The van der Waals surface area contributed by atoms with Gasteiger partial charge in [-0.05, 0) is 31.5 Å². The van der Waals surface area contributed by atoms with E-state index in [-0.39, 0.29) is 24.3 Å². The van der Waals surface area contributed by atoms with Crippen molar-refractivity contribution in [3.05, 3.63) is 28.8 Å². The van der Waals surface area contributed by atoms with Crippen molar-refractivity contribution >= 4 is 35.0 Å². The van der Waals surface area contributed by atoms with Crippen LogP contribution >= 0.6 is 11.6 Å². The van der Waals surface area contributed by atoms with Crippen LogP contribution in [-0.4, -0.2) is 37.4 Å². The van der Waals surface area contributed by atoms with E-state index in [0.29, 0.717) is 35.8 Å². The highest BCUT2D eigenvalue weighted by molar-refractivity contribution is 6.34. The Morgan fingerprint density at radius 3 is 2.73 bits per heavy atom. The van der Waals surface area contributed by atoms with Crippen LogP contribution in [0.5, 0.6) is 0 Å². The number of nitrogens with zero attached hydrogens (tertiary/aromatic N) is 1. The minimum atomic E-state index is -0.379. The molecule has 1 aliphatic rings. The summed E-state index contributed by atoms with van der Waals surface area (Å²) in [5.41, 5.74) is 0.901. The number of likely N-dealkylation sites (N-methyl/N-ethyl adjacent to an activating group) is 1. The second-order valence-corrected chi connectivity index (χ2v) is 5.36. The number of anilines is 1. The van der Waals surface area contributed by atoms with Crippen LogP contribution in [0, 0.1) is 0 Å². The van der Waals surface area contributed by atoms with Gasteiger partial charge in [0.15, 0.2) is 0 Å². The summed E-state index contributed by atoms with van der Waals surface area (Å²) in [5, 5.41) is 5.56. The third-order valence-corrected chi connectivity index (χ3v) is 3.68. The summed E-state index contributed by atoms with van der Waals surface area (Å²) in [7, 11) is 0. The summed E-state index contributed by atoms with van der Waals surface area (Å²) < 4.78 is 0. The van der Waals surface area contributed by atoms with Crippen molar-refractivity contribution < 1.29 is 14.4 Å². The molecule has 1 fully saturated rings. The van der Waals surface area contributed by atoms with E-state index in [4.69, 9.17) is 11.6 Å². The zero-order chi connectivity index (χ0) is 16.1. The van der Waals surface area contributed by atoms with Gasteiger partial charge in [0.05, 0.1) is 17.3 Å². The van der Waals surface area contributed by atoms with Crippen molar-refractivity contribution in [1.82, 2.24) is 10.6 Å². The van der Waals surface area contributed by atoms with Crippen molar-refractivity contribution in [2.75, 3.05) is 24.5 Å². The van der Waals surface area contributed by atoms with Gasteiger partial charge < -0.3 is 15.5 Å². The van der Waals surface area contributed by atoms with Gasteiger partial charge in [-0.15, -0.1) is 0 Å². The first-order valence-corrected chi connectivity index (χ1v) is 7.55. The van der Waals surface area contributed by atoms with Crippen molar-refractivity contribution in [1.29, 1.82) is 0 Å². The van der Waals surface area contributed by atoms with Crippen LogP contribution in [0.2, 0.25) is 5.02 Å². The number of benzene rings is 1. The average Bonchev–Trinajstić information content (AvgIpc) is 2.91. The molecule has 0 bridgehead atoms. The maximum absolute atomic E-state index is 12.1. The molecule has 2 rings (SSSR count). The van der Waals surface area contributed by atoms with E-state index < -0.39 is 0 Å². The van der Waals surface area contributed by atoms with E-state index in [9.17, 15) is 14.4 Å². The molecule has 0 aromatic heterocycles. The molecular formula is C15H18ClN3O3. The molecule has 0 unspecified atom stereocenters. The lowest BCUT2D eigenvalue weighted by molar-refractivity contribution is -0.120. The van der Waals surface area contributed by atoms with Crippen LogP contribution in [0.25, 0.3) is 0 Å². The third-order valence-electron chi connectivity index (χ3n) is 3.36. The van der Waals surface area contributed by atoms with E-state index in [1.165, 1.54) is 0 Å². The largest absolute Gasteiger partial charge is 0.355 e. The molecule has 0 atom stereocenters. The zero-order valence-electron chi connectivity index (χ0n) is 12.3. The lowest BCUT2D eigenvalue weighted by Gasteiger charge is -2.18. The lowest BCUT2D eigenvalue weighted by Crippen LogP contribution is -2.36. The summed E-state index contributed by atoms with van der Waals surface area (Å²) in [4.78, 5) is 36.8. The highest BCUT2D eigenvalue weighted by Crippen LogP contribution is 2.30. The van der Waals surface area contributed by atoms with E-state index in [1.807, 2.05) is 0 Å². The molecule has 0 aliphatic carbocycles. The first-order chi connectivity index (χ1) is 10.5. The molecule has 6 nitrogen and oxygen atoms in total. The molecule has 0 spiro atoms. The zero-order valence-corrected chi connectivity index (χ0v) is 13.1. The molecule has 1 saturated heterocycles. The molecular weight excluding hydrogens is 306 g/mol. The number of halogens is 1. The van der Waals surface area contributed by atoms with Gasteiger partial charge in [-0.1, -0.05) is 11.6 Å². The monoisotopic (exact) mass is 323 g/mol. The molecule has 0 saturated carbocycles. The second-order valence-electron chi connectivity index (χ2n) is 4.95. The highest BCUT2D eigenvalue weighted by atomic mass is 35.5. The molecule has 1 heterocycles. The fourth-order valence-corrected chi connectivity index (χ4v) is 2.51. The predicted octanol–water partition coefficient (Wildman–Crippen LogP) is 1.33. The summed E-state index contributed by atoms with van der Waals surface area (Å²) in [5.74, 6) is -0.627. The van der Waals surface area contributed by atoms with Gasteiger partial charge in [-0.25, -0.2) is 0 Å². The van der Waals surface area contributed by atoms with Crippen LogP contribution < -0.4 is 15.5 Å².